The molecular formula is C20H34N4O2S. The molecule has 0 radical (unpaired) electrons. The van der Waals surface area contributed by atoms with Gasteiger partial charge < -0.3 is 15.0 Å². The van der Waals surface area contributed by atoms with Crippen molar-refractivity contribution in [2.24, 2.45) is 0 Å². The summed E-state index contributed by atoms with van der Waals surface area (Å²) in [5, 5.41) is 6.26. The Kier molecular flexibility index (Phi) is 8.35. The summed E-state index contributed by atoms with van der Waals surface area (Å²) in [6, 6.07) is 0. The molecule has 1 saturated heterocycles. The molecule has 1 N–H and O–H groups in total. The van der Waals surface area contributed by atoms with Gasteiger partial charge in [-0.3, -0.25) is 9.69 Å². The van der Waals surface area contributed by atoms with Crippen LogP contribution in [0.5, 0.6) is 0 Å². The number of carbonyl (C=O) groups excluding carboxylic acids is 1. The number of hydrogen-bond donors (Lipinski definition) is 1. The summed E-state index contributed by atoms with van der Waals surface area (Å²) in [6.45, 7) is 7.85. The molecule has 1 aliphatic heterocycles. The van der Waals surface area contributed by atoms with E-state index in [0.29, 0.717) is 19.2 Å². The Labute approximate surface area is 167 Å². The fraction of sp³-hybridized carbons (Fsp3) is 0.800. The van der Waals surface area contributed by atoms with Gasteiger partial charge in [-0.2, -0.15) is 0 Å². The largest absolute Gasteiger partial charge is 0.378 e. The van der Waals surface area contributed by atoms with Crippen LogP contribution < -0.4 is 10.2 Å². The number of aromatic nitrogens is 1. The first-order valence-corrected chi connectivity index (χ1v) is 11.4. The van der Waals surface area contributed by atoms with Gasteiger partial charge in [0.2, 0.25) is 5.91 Å². The number of rotatable bonds is 8. The van der Waals surface area contributed by atoms with Crippen LogP contribution in [0.15, 0.2) is 5.38 Å². The molecule has 27 heavy (non-hydrogen) atoms. The van der Waals surface area contributed by atoms with Crippen molar-refractivity contribution in [3.05, 3.63) is 11.1 Å². The highest BCUT2D eigenvalue weighted by Crippen LogP contribution is 2.21. The quantitative estimate of drug-likeness (QED) is 0.687. The molecule has 2 heterocycles. The van der Waals surface area contributed by atoms with Gasteiger partial charge in [-0.05, 0) is 32.6 Å². The van der Waals surface area contributed by atoms with E-state index < -0.39 is 0 Å². The number of ether oxygens (including phenoxy) is 1. The predicted molar refractivity (Wildman–Crippen MR) is 111 cm³/mol. The first-order chi connectivity index (χ1) is 13.2. The smallest absolute Gasteiger partial charge is 0.234 e. The van der Waals surface area contributed by atoms with Crippen LogP contribution in [0.2, 0.25) is 0 Å². The van der Waals surface area contributed by atoms with Gasteiger partial charge in [0.05, 0.1) is 18.3 Å². The zero-order chi connectivity index (χ0) is 18.9. The second kappa shape index (κ2) is 11.0. The summed E-state index contributed by atoms with van der Waals surface area (Å²) in [7, 11) is 0. The first kappa shape index (κ1) is 20.6. The molecule has 0 bridgehead atoms. The topological polar surface area (TPSA) is 57.7 Å². The van der Waals surface area contributed by atoms with Crippen molar-refractivity contribution in [1.29, 1.82) is 0 Å². The van der Waals surface area contributed by atoms with Gasteiger partial charge in [-0.1, -0.05) is 19.3 Å². The highest BCUT2D eigenvalue weighted by atomic mass is 32.1. The van der Waals surface area contributed by atoms with E-state index in [4.69, 9.17) is 4.74 Å². The number of carbonyl (C=O) groups is 1. The van der Waals surface area contributed by atoms with Crippen molar-refractivity contribution in [1.82, 2.24) is 15.2 Å². The van der Waals surface area contributed by atoms with Gasteiger partial charge in [0.15, 0.2) is 5.13 Å². The average molecular weight is 395 g/mol. The number of hydrogen-bond acceptors (Lipinski definition) is 6. The lowest BCUT2D eigenvalue weighted by atomic mass is 9.98. The maximum Gasteiger partial charge on any atom is 0.234 e. The van der Waals surface area contributed by atoms with E-state index in [1.165, 1.54) is 32.1 Å². The molecule has 3 rings (SSSR count). The normalized spacial score (nSPS) is 19.8. The highest BCUT2D eigenvalue weighted by molar-refractivity contribution is 7.13. The third-order valence-corrected chi connectivity index (χ3v) is 6.40. The molecule has 1 amide bonds. The van der Waals surface area contributed by atoms with E-state index in [1.54, 1.807) is 11.3 Å². The molecule has 2 fully saturated rings. The van der Waals surface area contributed by atoms with Gasteiger partial charge in [0.25, 0.3) is 0 Å². The third kappa shape index (κ3) is 7.05. The first-order valence-electron chi connectivity index (χ1n) is 10.5. The lowest BCUT2D eigenvalue weighted by molar-refractivity contribution is -0.122. The Morgan fingerprint density at radius 3 is 2.85 bits per heavy atom. The average Bonchev–Trinajstić information content (AvgIpc) is 2.97. The van der Waals surface area contributed by atoms with Crippen molar-refractivity contribution < 1.29 is 9.53 Å². The summed E-state index contributed by atoms with van der Waals surface area (Å²) >= 11 is 1.71. The lowest BCUT2D eigenvalue weighted by Crippen LogP contribution is -2.39. The monoisotopic (exact) mass is 394 g/mol. The molecular weight excluding hydrogens is 360 g/mol. The van der Waals surface area contributed by atoms with Crippen LogP contribution in [0.4, 0.5) is 5.13 Å². The maximum absolute atomic E-state index is 12.2. The van der Waals surface area contributed by atoms with Crippen molar-refractivity contribution in [2.45, 2.75) is 58.0 Å². The fourth-order valence-corrected chi connectivity index (χ4v) is 4.70. The van der Waals surface area contributed by atoms with E-state index in [0.717, 1.165) is 56.5 Å². The van der Waals surface area contributed by atoms with Crippen molar-refractivity contribution in [2.75, 3.05) is 50.8 Å². The highest BCUT2D eigenvalue weighted by Gasteiger charge is 2.19. The van der Waals surface area contributed by atoms with Crippen LogP contribution in [-0.4, -0.2) is 67.8 Å². The minimum absolute atomic E-state index is 0.131. The fourth-order valence-electron chi connectivity index (χ4n) is 3.85. The summed E-state index contributed by atoms with van der Waals surface area (Å²) in [6.07, 6.45) is 8.80. The Hall–Kier alpha value is -1.18. The minimum Gasteiger partial charge on any atom is -0.378 e. The second-order valence-corrected chi connectivity index (χ2v) is 8.56. The number of aryl methyl sites for hydroxylation is 1. The maximum atomic E-state index is 12.2. The van der Waals surface area contributed by atoms with Crippen molar-refractivity contribution >= 4 is 22.4 Å². The second-order valence-electron chi connectivity index (χ2n) is 7.72. The number of thiazole rings is 1. The summed E-state index contributed by atoms with van der Waals surface area (Å²) in [4.78, 5) is 21.4. The van der Waals surface area contributed by atoms with Gasteiger partial charge in [0, 0.05) is 44.7 Å². The summed E-state index contributed by atoms with van der Waals surface area (Å²) in [5.41, 5.74) is 1.09. The van der Waals surface area contributed by atoms with Crippen molar-refractivity contribution in [3.63, 3.8) is 0 Å². The van der Waals surface area contributed by atoms with Crippen LogP contribution in [-0.2, 0) is 9.53 Å². The Morgan fingerprint density at radius 2 is 2.07 bits per heavy atom. The SMILES string of the molecule is Cc1csc(N2CCCN(CC(=O)NCCCOC3CCCCC3)CC2)n1. The molecule has 1 aliphatic carbocycles. The predicted octanol–water partition coefficient (Wildman–Crippen LogP) is 2.82. The molecule has 1 aromatic heterocycles. The Balaban J connectivity index is 1.27. The minimum atomic E-state index is 0.131. The van der Waals surface area contributed by atoms with Crippen LogP contribution in [0.3, 0.4) is 0 Å². The zero-order valence-electron chi connectivity index (χ0n) is 16.6. The number of nitrogens with zero attached hydrogens (tertiary/aromatic N) is 3. The summed E-state index contributed by atoms with van der Waals surface area (Å²) < 4.78 is 5.91. The van der Waals surface area contributed by atoms with E-state index in [2.05, 4.69) is 25.5 Å². The Bertz CT molecular complexity index is 574. The van der Waals surface area contributed by atoms with Gasteiger partial charge >= 0.3 is 0 Å². The van der Waals surface area contributed by atoms with E-state index in [1.807, 2.05) is 6.92 Å². The number of nitrogens with one attached hydrogen (secondary N) is 1. The van der Waals surface area contributed by atoms with E-state index in [9.17, 15) is 4.79 Å². The van der Waals surface area contributed by atoms with Crippen LogP contribution >= 0.6 is 11.3 Å². The molecule has 2 aliphatic rings. The van der Waals surface area contributed by atoms with Crippen LogP contribution in [0.1, 0.15) is 50.6 Å². The standard InChI is InChI=1S/C20H34N4O2S/c1-17-16-27-20(22-17)24-11-6-10-23(12-13-24)15-19(25)21-9-5-14-26-18-7-3-2-4-8-18/h16,18H,2-15H2,1H3,(H,21,25). The molecule has 0 unspecified atom stereocenters. The van der Waals surface area contributed by atoms with Crippen LogP contribution in [0, 0.1) is 6.92 Å². The van der Waals surface area contributed by atoms with E-state index in [-0.39, 0.29) is 5.91 Å². The zero-order valence-corrected chi connectivity index (χ0v) is 17.4. The van der Waals surface area contributed by atoms with Crippen LogP contribution in [0.25, 0.3) is 0 Å². The van der Waals surface area contributed by atoms with Crippen molar-refractivity contribution in [3.8, 4) is 0 Å². The molecule has 6 nitrogen and oxygen atoms in total. The molecule has 1 saturated carbocycles. The van der Waals surface area contributed by atoms with Gasteiger partial charge in [-0.15, -0.1) is 11.3 Å². The molecule has 152 valence electrons. The summed E-state index contributed by atoms with van der Waals surface area (Å²) in [5.74, 6) is 0.131. The number of amides is 1. The molecule has 7 heteroatoms. The third-order valence-electron chi connectivity index (χ3n) is 5.38. The molecule has 0 aromatic carbocycles. The molecule has 0 atom stereocenters. The lowest BCUT2D eigenvalue weighted by Gasteiger charge is -2.22. The number of anilines is 1. The molecule has 0 spiro atoms. The molecule has 1 aromatic rings. The van der Waals surface area contributed by atoms with Gasteiger partial charge in [0.1, 0.15) is 0 Å². The Morgan fingerprint density at radius 1 is 1.22 bits per heavy atom. The van der Waals surface area contributed by atoms with E-state index >= 15 is 0 Å². The van der Waals surface area contributed by atoms with Gasteiger partial charge in [-0.25, -0.2) is 4.98 Å².